The minimum Gasteiger partial charge on any atom is -0.456 e. The van der Waals surface area contributed by atoms with Gasteiger partial charge in [-0.25, -0.2) is 8.60 Å². The van der Waals surface area contributed by atoms with Gasteiger partial charge in [0.1, 0.15) is 34.3 Å². The maximum Gasteiger partial charge on any atom is 0.271 e. The van der Waals surface area contributed by atoms with Crippen LogP contribution in [0.25, 0.3) is 5.57 Å². The van der Waals surface area contributed by atoms with Gasteiger partial charge in [0, 0.05) is 41.9 Å². The lowest BCUT2D eigenvalue weighted by Crippen LogP contribution is -2.47. The normalized spacial score (nSPS) is 18.3. The summed E-state index contributed by atoms with van der Waals surface area (Å²) in [7, 11) is 0.371. The zero-order valence-electron chi connectivity index (χ0n) is 25.7. The second-order valence-corrected chi connectivity index (χ2v) is 12.9. The molecule has 3 atom stereocenters. The van der Waals surface area contributed by atoms with E-state index in [0.29, 0.717) is 51.2 Å². The van der Waals surface area contributed by atoms with Crippen molar-refractivity contribution in [2.75, 3.05) is 22.8 Å². The summed E-state index contributed by atoms with van der Waals surface area (Å²) in [5, 5.41) is 6.07. The zero-order valence-corrected chi connectivity index (χ0v) is 26.5. The molecule has 3 unspecified atom stereocenters. The van der Waals surface area contributed by atoms with Crippen molar-refractivity contribution in [1.29, 1.82) is 0 Å². The van der Waals surface area contributed by atoms with Crippen LogP contribution in [0.1, 0.15) is 48.9 Å². The van der Waals surface area contributed by atoms with Gasteiger partial charge in [0.25, 0.3) is 5.91 Å². The van der Waals surface area contributed by atoms with E-state index < -0.39 is 22.9 Å². The van der Waals surface area contributed by atoms with Crippen molar-refractivity contribution in [3.63, 3.8) is 0 Å². The number of nitrogens with zero attached hydrogens (tertiary/aromatic N) is 1. The van der Waals surface area contributed by atoms with Crippen molar-refractivity contribution in [2.45, 2.75) is 46.6 Å². The number of hydrogen-bond donors (Lipinski definition) is 3. The Hall–Kier alpha value is -4.44. The smallest absolute Gasteiger partial charge is 0.271 e. The highest BCUT2D eigenvalue weighted by atomic mass is 32.2. The number of anilines is 2. The summed E-state index contributed by atoms with van der Waals surface area (Å²) in [5.74, 6) is 0.394. The predicted molar refractivity (Wildman–Crippen MR) is 173 cm³/mol. The topological polar surface area (TPSA) is 99.8 Å². The number of benzene rings is 3. The van der Waals surface area contributed by atoms with Gasteiger partial charge in [-0.3, -0.25) is 9.59 Å². The van der Waals surface area contributed by atoms with Crippen LogP contribution in [-0.2, 0) is 20.6 Å². The molecule has 2 aliphatic rings. The molecule has 0 aromatic heterocycles. The van der Waals surface area contributed by atoms with Crippen LogP contribution in [0.15, 0.2) is 72.6 Å². The van der Waals surface area contributed by atoms with E-state index >= 15 is 0 Å². The molecule has 0 radical (unpaired) electrons. The first kappa shape index (κ1) is 31.0. The molecule has 230 valence electrons. The summed E-state index contributed by atoms with van der Waals surface area (Å²) in [5.41, 5.74) is 5.35. The number of amides is 2. The SMILES string of the molecule is CCS(=O)Nc1ccc(Oc2c(C)cc(F)cc2C)c(C2=CN(C)C(=O)C3NC(C(=O)Nc4ccc(C(C)C)cc4)=CC23)c1. The molecule has 0 saturated heterocycles. The molecule has 8 nitrogen and oxygen atoms in total. The molecular formula is C34H37FN4O4S. The van der Waals surface area contributed by atoms with Crippen LogP contribution < -0.4 is 20.1 Å². The second-order valence-electron chi connectivity index (χ2n) is 11.4. The molecule has 3 N–H and O–H groups in total. The van der Waals surface area contributed by atoms with Crippen LogP contribution in [-0.4, -0.2) is 39.8 Å². The van der Waals surface area contributed by atoms with E-state index in [1.54, 1.807) is 45.3 Å². The Balaban J connectivity index is 1.53. The summed E-state index contributed by atoms with van der Waals surface area (Å²) < 4.78 is 35.8. The van der Waals surface area contributed by atoms with Gasteiger partial charge in [0.15, 0.2) is 0 Å². The highest BCUT2D eigenvalue weighted by Crippen LogP contribution is 2.43. The standard InChI is InChI=1S/C34H37FN4O4S/c1-7-44(42)38-25-12-13-30(43-32-20(4)14-23(35)15-21(32)5)26(16-25)28-18-39(6)34(41)31-27(28)17-29(37-31)33(40)36-24-10-8-22(9-11-24)19(2)3/h8-19,27,31,37-38H,7H2,1-6H3,(H,36,40). The fraction of sp³-hybridized carbons (Fsp3) is 0.294. The first-order chi connectivity index (χ1) is 20.9. The van der Waals surface area contributed by atoms with E-state index in [2.05, 4.69) is 29.2 Å². The lowest BCUT2D eigenvalue weighted by molar-refractivity contribution is -0.130. The lowest BCUT2D eigenvalue weighted by atomic mass is 9.85. The van der Waals surface area contributed by atoms with Crippen molar-refractivity contribution in [2.24, 2.45) is 5.92 Å². The van der Waals surface area contributed by atoms with Gasteiger partial charge in [0.05, 0.1) is 5.70 Å². The summed E-state index contributed by atoms with van der Waals surface area (Å²) in [6.07, 6.45) is 3.50. The molecular weight excluding hydrogens is 579 g/mol. The van der Waals surface area contributed by atoms with Crippen molar-refractivity contribution in [1.82, 2.24) is 10.2 Å². The van der Waals surface area contributed by atoms with Crippen molar-refractivity contribution in [3.05, 3.63) is 101 Å². The number of fused-ring (bicyclic) bond motifs is 1. The average Bonchev–Trinajstić information content (AvgIpc) is 3.44. The Bertz CT molecular complexity index is 1680. The Morgan fingerprint density at radius 2 is 1.73 bits per heavy atom. The maximum absolute atomic E-state index is 14.1. The number of hydrogen-bond acceptors (Lipinski definition) is 5. The first-order valence-electron chi connectivity index (χ1n) is 14.6. The summed E-state index contributed by atoms with van der Waals surface area (Å²) in [6, 6.07) is 15.2. The third-order valence-electron chi connectivity index (χ3n) is 7.82. The highest BCUT2D eigenvalue weighted by molar-refractivity contribution is 7.86. The Morgan fingerprint density at radius 3 is 2.36 bits per heavy atom. The van der Waals surface area contributed by atoms with Gasteiger partial charge >= 0.3 is 0 Å². The van der Waals surface area contributed by atoms with Gasteiger partial charge in [-0.05, 0) is 90.6 Å². The molecule has 2 amide bonds. The largest absolute Gasteiger partial charge is 0.456 e. The van der Waals surface area contributed by atoms with Gasteiger partial charge < -0.3 is 25.0 Å². The molecule has 3 aromatic carbocycles. The number of carbonyl (C=O) groups is 2. The maximum atomic E-state index is 14.1. The van der Waals surface area contributed by atoms with Crippen LogP contribution in [0.5, 0.6) is 11.5 Å². The Morgan fingerprint density at radius 1 is 1.07 bits per heavy atom. The molecule has 44 heavy (non-hydrogen) atoms. The molecule has 0 spiro atoms. The molecule has 2 aliphatic heterocycles. The van der Waals surface area contributed by atoms with Crippen LogP contribution in [0.3, 0.4) is 0 Å². The highest BCUT2D eigenvalue weighted by Gasteiger charge is 2.42. The fourth-order valence-corrected chi connectivity index (χ4v) is 6.00. The monoisotopic (exact) mass is 616 g/mol. The van der Waals surface area contributed by atoms with E-state index in [9.17, 15) is 18.2 Å². The molecule has 0 saturated carbocycles. The van der Waals surface area contributed by atoms with E-state index in [1.165, 1.54) is 22.6 Å². The van der Waals surface area contributed by atoms with Crippen LogP contribution >= 0.6 is 0 Å². The van der Waals surface area contributed by atoms with Crippen LogP contribution in [0.2, 0.25) is 0 Å². The molecule has 0 aliphatic carbocycles. The number of aryl methyl sites for hydroxylation is 2. The fourth-order valence-electron chi connectivity index (χ4n) is 5.46. The van der Waals surface area contributed by atoms with Gasteiger partial charge in [-0.2, -0.15) is 0 Å². The number of carbonyl (C=O) groups excluding carboxylic acids is 2. The Labute approximate surface area is 260 Å². The first-order valence-corrected chi connectivity index (χ1v) is 15.9. The zero-order chi connectivity index (χ0) is 31.7. The Kier molecular flexibility index (Phi) is 8.92. The number of rotatable bonds is 9. The molecule has 0 fully saturated rings. The quantitative estimate of drug-likeness (QED) is 0.259. The van der Waals surface area contributed by atoms with E-state index in [0.717, 1.165) is 5.57 Å². The van der Waals surface area contributed by atoms with Crippen molar-refractivity contribution >= 4 is 39.7 Å². The van der Waals surface area contributed by atoms with E-state index in [-0.39, 0.29) is 23.3 Å². The third-order valence-corrected chi connectivity index (χ3v) is 8.81. The molecule has 10 heteroatoms. The van der Waals surface area contributed by atoms with Gasteiger partial charge in [-0.1, -0.05) is 32.9 Å². The molecule has 0 bridgehead atoms. The summed E-state index contributed by atoms with van der Waals surface area (Å²) >= 11 is 0. The van der Waals surface area contributed by atoms with E-state index in [4.69, 9.17) is 4.74 Å². The van der Waals surface area contributed by atoms with Crippen molar-refractivity contribution < 1.29 is 22.9 Å². The van der Waals surface area contributed by atoms with Gasteiger partial charge in [-0.15, -0.1) is 0 Å². The summed E-state index contributed by atoms with van der Waals surface area (Å²) in [6.45, 7) is 9.58. The van der Waals surface area contributed by atoms with Gasteiger partial charge in [0.2, 0.25) is 5.91 Å². The number of likely N-dealkylation sites (N-methyl/N-ethyl adjacent to an activating group) is 1. The number of ether oxygens (including phenoxy) is 1. The van der Waals surface area contributed by atoms with E-state index in [1.807, 2.05) is 37.3 Å². The molecule has 3 aromatic rings. The van der Waals surface area contributed by atoms with Crippen molar-refractivity contribution in [3.8, 4) is 11.5 Å². The third kappa shape index (κ3) is 6.40. The predicted octanol–water partition coefficient (Wildman–Crippen LogP) is 6.38. The average molecular weight is 617 g/mol. The minimum absolute atomic E-state index is 0.187. The number of nitrogens with one attached hydrogen (secondary N) is 3. The summed E-state index contributed by atoms with van der Waals surface area (Å²) in [4.78, 5) is 28.1. The second kappa shape index (κ2) is 12.7. The van der Waals surface area contributed by atoms with Crippen LogP contribution in [0.4, 0.5) is 15.8 Å². The lowest BCUT2D eigenvalue weighted by Gasteiger charge is -2.32. The molecule has 5 rings (SSSR count). The number of halogens is 1. The molecule has 2 heterocycles. The van der Waals surface area contributed by atoms with Crippen LogP contribution in [0, 0.1) is 25.6 Å². The minimum atomic E-state index is -1.29.